The average Bonchev–Trinajstić information content (AvgIpc) is 2.09. The SMILES string of the molecule is CN(C)c1ccc(C#N)c(F)c1F. The first kappa shape index (κ1) is 9.46. The molecule has 1 aromatic carbocycles. The van der Waals surface area contributed by atoms with Crippen molar-refractivity contribution in [2.45, 2.75) is 0 Å². The second-order valence-corrected chi connectivity index (χ2v) is 2.77. The minimum atomic E-state index is -1.09. The van der Waals surface area contributed by atoms with Crippen LogP contribution >= 0.6 is 0 Å². The molecule has 2 nitrogen and oxygen atoms in total. The molecule has 68 valence electrons. The number of benzene rings is 1. The molecule has 0 saturated heterocycles. The molecule has 0 aliphatic heterocycles. The summed E-state index contributed by atoms with van der Waals surface area (Å²) < 4.78 is 26.1. The lowest BCUT2D eigenvalue weighted by molar-refractivity contribution is 0.506. The van der Waals surface area contributed by atoms with Crippen molar-refractivity contribution in [2.75, 3.05) is 19.0 Å². The van der Waals surface area contributed by atoms with E-state index in [2.05, 4.69) is 0 Å². The van der Waals surface area contributed by atoms with E-state index in [0.717, 1.165) is 0 Å². The van der Waals surface area contributed by atoms with Gasteiger partial charge in [-0.25, -0.2) is 8.78 Å². The van der Waals surface area contributed by atoms with Crippen molar-refractivity contribution in [1.82, 2.24) is 0 Å². The summed E-state index contributed by atoms with van der Waals surface area (Å²) in [4.78, 5) is 1.44. The second kappa shape index (κ2) is 3.40. The van der Waals surface area contributed by atoms with Gasteiger partial charge in [0.15, 0.2) is 11.6 Å². The average molecular weight is 182 g/mol. The van der Waals surface area contributed by atoms with Gasteiger partial charge in [0.1, 0.15) is 6.07 Å². The number of anilines is 1. The monoisotopic (exact) mass is 182 g/mol. The van der Waals surface area contributed by atoms with Crippen molar-refractivity contribution in [3.8, 4) is 6.07 Å². The van der Waals surface area contributed by atoms with Gasteiger partial charge in [0.2, 0.25) is 0 Å². The topological polar surface area (TPSA) is 27.0 Å². The van der Waals surface area contributed by atoms with E-state index in [4.69, 9.17) is 5.26 Å². The summed E-state index contributed by atoms with van der Waals surface area (Å²) in [6, 6.07) is 4.20. The van der Waals surface area contributed by atoms with Gasteiger partial charge < -0.3 is 4.90 Å². The minimum Gasteiger partial charge on any atom is -0.375 e. The van der Waals surface area contributed by atoms with Crippen molar-refractivity contribution < 1.29 is 8.78 Å². The van der Waals surface area contributed by atoms with E-state index in [1.54, 1.807) is 20.2 Å². The Hall–Kier alpha value is -1.63. The molecule has 0 amide bonds. The molecule has 4 heteroatoms. The number of nitriles is 1. The minimum absolute atomic E-state index is 0.136. The van der Waals surface area contributed by atoms with Crippen LogP contribution in [-0.2, 0) is 0 Å². The van der Waals surface area contributed by atoms with Gasteiger partial charge in [-0.15, -0.1) is 0 Å². The molecule has 0 saturated carbocycles. The van der Waals surface area contributed by atoms with Crippen molar-refractivity contribution in [2.24, 2.45) is 0 Å². The smallest absolute Gasteiger partial charge is 0.183 e. The number of hydrogen-bond acceptors (Lipinski definition) is 2. The second-order valence-electron chi connectivity index (χ2n) is 2.77. The molecule has 0 radical (unpaired) electrons. The lowest BCUT2D eigenvalue weighted by Gasteiger charge is -2.13. The predicted octanol–water partition coefficient (Wildman–Crippen LogP) is 1.90. The molecule has 0 heterocycles. The Balaban J connectivity index is 3.33. The van der Waals surface area contributed by atoms with Crippen LogP contribution in [0.15, 0.2) is 12.1 Å². The predicted molar refractivity (Wildman–Crippen MR) is 45.4 cm³/mol. The summed E-state index contributed by atoms with van der Waals surface area (Å²) in [5.74, 6) is -2.07. The Labute approximate surface area is 75.0 Å². The molecule has 0 N–H and O–H groups in total. The van der Waals surface area contributed by atoms with Crippen LogP contribution in [0.1, 0.15) is 5.56 Å². The van der Waals surface area contributed by atoms with E-state index in [-0.39, 0.29) is 11.3 Å². The maximum atomic E-state index is 13.1. The third kappa shape index (κ3) is 1.59. The molecule has 0 aliphatic carbocycles. The van der Waals surface area contributed by atoms with E-state index in [1.165, 1.54) is 17.0 Å². The molecule has 1 aromatic rings. The first-order valence-electron chi connectivity index (χ1n) is 3.63. The van der Waals surface area contributed by atoms with Gasteiger partial charge in [0, 0.05) is 14.1 Å². The van der Waals surface area contributed by atoms with E-state index in [1.807, 2.05) is 0 Å². The summed E-state index contributed by atoms with van der Waals surface area (Å²) in [7, 11) is 3.20. The number of rotatable bonds is 1. The van der Waals surface area contributed by atoms with Gasteiger partial charge in [-0.3, -0.25) is 0 Å². The van der Waals surface area contributed by atoms with Crippen molar-refractivity contribution in [3.05, 3.63) is 29.3 Å². The summed E-state index contributed by atoms with van der Waals surface area (Å²) in [6.07, 6.45) is 0. The van der Waals surface area contributed by atoms with Crippen molar-refractivity contribution >= 4 is 5.69 Å². The lowest BCUT2D eigenvalue weighted by Crippen LogP contribution is -2.11. The largest absolute Gasteiger partial charge is 0.375 e. The first-order valence-corrected chi connectivity index (χ1v) is 3.63. The van der Waals surface area contributed by atoms with Gasteiger partial charge in [-0.1, -0.05) is 0 Å². The fourth-order valence-electron chi connectivity index (χ4n) is 0.971. The highest BCUT2D eigenvalue weighted by Gasteiger charge is 2.13. The summed E-state index contributed by atoms with van der Waals surface area (Å²) in [5, 5.41) is 8.40. The molecule has 13 heavy (non-hydrogen) atoms. The molecule has 0 unspecified atom stereocenters. The highest BCUT2D eigenvalue weighted by molar-refractivity contribution is 5.50. The standard InChI is InChI=1S/C9H8F2N2/c1-13(2)7-4-3-6(5-12)8(10)9(7)11/h3-4H,1-2H3. The van der Waals surface area contributed by atoms with Crippen LogP contribution in [0.5, 0.6) is 0 Å². The lowest BCUT2D eigenvalue weighted by atomic mass is 10.2. The molecule has 0 aliphatic rings. The Morgan fingerprint density at radius 2 is 1.85 bits per heavy atom. The zero-order valence-electron chi connectivity index (χ0n) is 7.31. The Kier molecular flexibility index (Phi) is 2.47. The Bertz CT molecular complexity index is 367. The van der Waals surface area contributed by atoms with E-state index < -0.39 is 11.6 Å². The summed E-state index contributed by atoms with van der Waals surface area (Å²) >= 11 is 0. The molecule has 0 spiro atoms. The molecular formula is C9H8F2N2. The fourth-order valence-corrected chi connectivity index (χ4v) is 0.971. The first-order chi connectivity index (χ1) is 6.07. The quantitative estimate of drug-likeness (QED) is 0.663. The van der Waals surface area contributed by atoms with Crippen LogP contribution < -0.4 is 4.90 Å². The molecule has 1 rings (SSSR count). The number of hydrogen-bond donors (Lipinski definition) is 0. The zero-order valence-corrected chi connectivity index (χ0v) is 7.31. The molecule has 0 bridgehead atoms. The Morgan fingerprint density at radius 3 is 2.31 bits per heavy atom. The number of halogens is 2. The van der Waals surface area contributed by atoms with Crippen LogP contribution in [-0.4, -0.2) is 14.1 Å². The van der Waals surface area contributed by atoms with Gasteiger partial charge >= 0.3 is 0 Å². The maximum Gasteiger partial charge on any atom is 0.183 e. The van der Waals surface area contributed by atoms with E-state index in [9.17, 15) is 8.78 Å². The van der Waals surface area contributed by atoms with Crippen LogP contribution in [0.4, 0.5) is 14.5 Å². The summed E-state index contributed by atoms with van der Waals surface area (Å²) in [6.45, 7) is 0. The molecule has 0 atom stereocenters. The molecule has 0 fully saturated rings. The van der Waals surface area contributed by atoms with Gasteiger partial charge in [-0.2, -0.15) is 5.26 Å². The van der Waals surface area contributed by atoms with Crippen molar-refractivity contribution in [1.29, 1.82) is 5.26 Å². The molecular weight excluding hydrogens is 174 g/mol. The third-order valence-corrected chi connectivity index (χ3v) is 1.66. The van der Waals surface area contributed by atoms with Gasteiger partial charge in [0.25, 0.3) is 0 Å². The Morgan fingerprint density at radius 1 is 1.23 bits per heavy atom. The van der Waals surface area contributed by atoms with Crippen molar-refractivity contribution in [3.63, 3.8) is 0 Å². The maximum absolute atomic E-state index is 13.1. The van der Waals surface area contributed by atoms with Gasteiger partial charge in [-0.05, 0) is 12.1 Å². The number of nitrogens with zero attached hydrogens (tertiary/aromatic N) is 2. The van der Waals surface area contributed by atoms with E-state index in [0.29, 0.717) is 0 Å². The highest BCUT2D eigenvalue weighted by Crippen LogP contribution is 2.21. The van der Waals surface area contributed by atoms with Crippen LogP contribution in [0.25, 0.3) is 0 Å². The van der Waals surface area contributed by atoms with Crippen LogP contribution in [0, 0.1) is 23.0 Å². The van der Waals surface area contributed by atoms with Gasteiger partial charge in [0.05, 0.1) is 11.3 Å². The fraction of sp³-hybridized carbons (Fsp3) is 0.222. The van der Waals surface area contributed by atoms with Crippen LogP contribution in [0.2, 0.25) is 0 Å². The van der Waals surface area contributed by atoms with Crippen LogP contribution in [0.3, 0.4) is 0 Å². The highest BCUT2D eigenvalue weighted by atomic mass is 19.2. The molecule has 0 aromatic heterocycles. The summed E-state index contributed by atoms with van der Waals surface area (Å²) in [5.41, 5.74) is -0.139. The third-order valence-electron chi connectivity index (χ3n) is 1.66. The normalized spacial score (nSPS) is 9.46. The zero-order chi connectivity index (χ0) is 10.0. The van der Waals surface area contributed by atoms with E-state index >= 15 is 0 Å².